The first kappa shape index (κ1) is 22.4. The van der Waals surface area contributed by atoms with Crippen molar-refractivity contribution in [1.82, 2.24) is 9.88 Å². The first-order valence-electron chi connectivity index (χ1n) is 9.96. The summed E-state index contributed by atoms with van der Waals surface area (Å²) in [5.41, 5.74) is 0.111. The Morgan fingerprint density at radius 1 is 1.18 bits per heavy atom. The maximum absolute atomic E-state index is 13.3. The van der Waals surface area contributed by atoms with Crippen LogP contribution in [-0.4, -0.2) is 15.4 Å². The molecule has 0 unspecified atom stereocenters. The highest BCUT2D eigenvalue weighted by Gasteiger charge is 2.17. The number of nitrogens with zero attached hydrogens (tertiary/aromatic N) is 3. The molecule has 0 saturated carbocycles. The summed E-state index contributed by atoms with van der Waals surface area (Å²) in [5.74, 6) is -0.149. The van der Waals surface area contributed by atoms with Crippen LogP contribution in [-0.2, 0) is 11.3 Å². The Kier molecular flexibility index (Phi) is 6.47. The lowest BCUT2D eigenvalue weighted by atomic mass is 10.2. The zero-order chi connectivity index (χ0) is 24.1. The van der Waals surface area contributed by atoms with E-state index in [-0.39, 0.29) is 27.0 Å². The molecule has 168 valence electrons. The number of hydrogen-bond donors (Lipinski definition) is 1. The summed E-state index contributed by atoms with van der Waals surface area (Å²) in [6.45, 7) is 0.0740. The van der Waals surface area contributed by atoms with Crippen LogP contribution < -0.4 is 20.1 Å². The van der Waals surface area contributed by atoms with Crippen LogP contribution in [0, 0.1) is 21.4 Å². The first-order valence-corrected chi connectivity index (χ1v) is 10.8. The molecule has 4 rings (SSSR count). The quantitative estimate of drug-likeness (QED) is 0.338. The van der Waals surface area contributed by atoms with Crippen molar-refractivity contribution in [2.75, 3.05) is 0 Å². The third-order valence-electron chi connectivity index (χ3n) is 4.77. The van der Waals surface area contributed by atoms with Gasteiger partial charge in [0.2, 0.25) is 0 Å². The number of aromatic nitrogens is 1. The molecule has 2 aromatic carbocycles. The molecule has 0 fully saturated rings. The predicted molar refractivity (Wildman–Crippen MR) is 125 cm³/mol. The lowest BCUT2D eigenvalue weighted by Crippen LogP contribution is -2.33. The molecule has 0 spiro atoms. The predicted octanol–water partition coefficient (Wildman–Crippen LogP) is 2.22. The monoisotopic (exact) mass is 472 g/mol. The second-order valence-electron chi connectivity index (χ2n) is 6.99. The Hall–Kier alpha value is -4.75. The van der Waals surface area contributed by atoms with E-state index in [9.17, 15) is 25.0 Å². The van der Waals surface area contributed by atoms with Crippen molar-refractivity contribution in [3.8, 4) is 11.8 Å². The van der Waals surface area contributed by atoms with Gasteiger partial charge in [0.15, 0.2) is 5.57 Å². The molecule has 0 aliphatic heterocycles. The van der Waals surface area contributed by atoms with Crippen LogP contribution in [0.1, 0.15) is 11.3 Å². The van der Waals surface area contributed by atoms with Gasteiger partial charge in [-0.15, -0.1) is 11.3 Å². The van der Waals surface area contributed by atoms with Crippen molar-refractivity contribution < 1.29 is 14.1 Å². The summed E-state index contributed by atoms with van der Waals surface area (Å²) in [5, 5.41) is 23.5. The van der Waals surface area contributed by atoms with Crippen molar-refractivity contribution in [2.24, 2.45) is 0 Å². The molecule has 1 N–H and O–H groups in total. The Bertz CT molecular complexity index is 1580. The van der Waals surface area contributed by atoms with Gasteiger partial charge in [-0.05, 0) is 35.9 Å². The van der Waals surface area contributed by atoms with Gasteiger partial charge in [0, 0.05) is 12.1 Å². The number of carbonyl (C=O) groups excluding carboxylic acids is 1. The number of nitriles is 1. The molecule has 0 radical (unpaired) electrons. The number of rotatable bonds is 6. The van der Waals surface area contributed by atoms with Gasteiger partial charge >= 0.3 is 0 Å². The summed E-state index contributed by atoms with van der Waals surface area (Å²) in [6.07, 6.45) is 2.97. The first-order chi connectivity index (χ1) is 16.5. The summed E-state index contributed by atoms with van der Waals surface area (Å²) >= 11 is 0.956. The zero-order valence-corrected chi connectivity index (χ0v) is 18.3. The minimum absolute atomic E-state index is 0.0740. The summed E-state index contributed by atoms with van der Waals surface area (Å²) < 4.78 is 6.85. The van der Waals surface area contributed by atoms with E-state index in [1.165, 1.54) is 35.1 Å². The van der Waals surface area contributed by atoms with Gasteiger partial charge in [0.1, 0.15) is 16.5 Å². The van der Waals surface area contributed by atoms with Crippen LogP contribution in [0.2, 0.25) is 0 Å². The lowest BCUT2D eigenvalue weighted by Gasteiger charge is -2.04. The topological polar surface area (TPSA) is 131 Å². The molecule has 0 saturated heterocycles. The van der Waals surface area contributed by atoms with E-state index in [1.54, 1.807) is 48.5 Å². The molecule has 0 aliphatic carbocycles. The third-order valence-corrected chi connectivity index (χ3v) is 5.87. The molecule has 4 aromatic rings. The van der Waals surface area contributed by atoms with Crippen LogP contribution >= 0.6 is 11.3 Å². The average molecular weight is 472 g/mol. The number of benzene rings is 2. The summed E-state index contributed by atoms with van der Waals surface area (Å²) in [6, 6.07) is 19.7. The van der Waals surface area contributed by atoms with Crippen LogP contribution in [0.4, 0.5) is 5.69 Å². The standard InChI is InChI=1S/C24H16N4O5S/c25-14-20(22(29)26-15-19-10-5-11-33-19)24-27(17-7-2-1-3-8-17)23(30)21(34-24)13-16-6-4-9-18(12-16)28(31)32/h1-13H,15H2,(H,26,29)/b21-13+,24-20-. The zero-order valence-electron chi connectivity index (χ0n) is 17.5. The number of para-hydroxylation sites is 1. The number of nitro groups is 1. The number of non-ortho nitro benzene ring substituents is 1. The number of nitrogens with one attached hydrogen (secondary N) is 1. The summed E-state index contributed by atoms with van der Waals surface area (Å²) in [7, 11) is 0. The fraction of sp³-hybridized carbons (Fsp3) is 0.0417. The lowest BCUT2D eigenvalue weighted by molar-refractivity contribution is -0.384. The molecule has 34 heavy (non-hydrogen) atoms. The van der Waals surface area contributed by atoms with E-state index in [4.69, 9.17) is 4.42 Å². The SMILES string of the molecule is N#C/C(C(=O)NCc1ccco1)=c1/s/c(=C/c2cccc([N+](=O)[O-])c2)c(=O)n1-c1ccccc1. The molecule has 0 atom stereocenters. The fourth-order valence-electron chi connectivity index (χ4n) is 3.21. The Morgan fingerprint density at radius 3 is 2.65 bits per heavy atom. The van der Waals surface area contributed by atoms with Gasteiger partial charge in [-0.3, -0.25) is 24.3 Å². The van der Waals surface area contributed by atoms with Crippen LogP contribution in [0.25, 0.3) is 17.3 Å². The highest BCUT2D eigenvalue weighted by molar-refractivity contribution is 7.07. The van der Waals surface area contributed by atoms with Crippen molar-refractivity contribution >= 4 is 34.6 Å². The fourth-order valence-corrected chi connectivity index (χ4v) is 4.31. The molecular formula is C24H16N4O5S. The number of hydrogen-bond acceptors (Lipinski definition) is 7. The molecule has 0 aliphatic rings. The van der Waals surface area contributed by atoms with Crippen molar-refractivity contribution in [1.29, 1.82) is 5.26 Å². The molecular weight excluding hydrogens is 456 g/mol. The van der Waals surface area contributed by atoms with E-state index in [2.05, 4.69) is 5.32 Å². The highest BCUT2D eigenvalue weighted by atomic mass is 32.1. The Balaban J connectivity index is 1.90. The van der Waals surface area contributed by atoms with Crippen LogP contribution in [0.5, 0.6) is 0 Å². The Labute approximate surface area is 196 Å². The number of carbonyl (C=O) groups is 1. The average Bonchev–Trinajstić information content (AvgIpc) is 3.47. The van der Waals surface area contributed by atoms with Gasteiger partial charge < -0.3 is 9.73 Å². The number of amides is 1. The van der Waals surface area contributed by atoms with E-state index in [1.807, 2.05) is 6.07 Å². The molecule has 10 heteroatoms. The van der Waals surface area contributed by atoms with E-state index in [0.29, 0.717) is 17.0 Å². The van der Waals surface area contributed by atoms with E-state index in [0.717, 1.165) is 11.3 Å². The number of furan rings is 1. The van der Waals surface area contributed by atoms with E-state index >= 15 is 0 Å². The normalized spacial score (nSPS) is 12.1. The smallest absolute Gasteiger partial charge is 0.273 e. The largest absolute Gasteiger partial charge is 0.467 e. The Morgan fingerprint density at radius 2 is 1.97 bits per heavy atom. The van der Waals surface area contributed by atoms with Crippen LogP contribution in [0.3, 0.4) is 0 Å². The van der Waals surface area contributed by atoms with Crippen molar-refractivity contribution in [3.63, 3.8) is 0 Å². The molecule has 2 heterocycles. The minimum Gasteiger partial charge on any atom is -0.467 e. The summed E-state index contributed by atoms with van der Waals surface area (Å²) in [4.78, 5) is 36.8. The van der Waals surface area contributed by atoms with Crippen molar-refractivity contribution in [2.45, 2.75) is 6.54 Å². The maximum atomic E-state index is 13.3. The number of nitro benzene ring substituents is 1. The molecule has 1 amide bonds. The maximum Gasteiger partial charge on any atom is 0.273 e. The van der Waals surface area contributed by atoms with E-state index < -0.39 is 16.4 Å². The van der Waals surface area contributed by atoms with Gasteiger partial charge in [0.05, 0.1) is 28.0 Å². The second kappa shape index (κ2) is 9.81. The third kappa shape index (κ3) is 4.69. The van der Waals surface area contributed by atoms with Crippen LogP contribution in [0.15, 0.2) is 82.2 Å². The second-order valence-corrected chi connectivity index (χ2v) is 8.02. The van der Waals surface area contributed by atoms with Gasteiger partial charge in [-0.2, -0.15) is 5.26 Å². The minimum atomic E-state index is -0.660. The van der Waals surface area contributed by atoms with Gasteiger partial charge in [0.25, 0.3) is 17.2 Å². The number of thiazole rings is 1. The highest BCUT2D eigenvalue weighted by Crippen LogP contribution is 2.13. The van der Waals surface area contributed by atoms with Gasteiger partial charge in [-0.1, -0.05) is 30.3 Å². The molecule has 0 bridgehead atoms. The van der Waals surface area contributed by atoms with Gasteiger partial charge in [-0.25, -0.2) is 0 Å². The molecule has 2 aromatic heterocycles. The van der Waals surface area contributed by atoms with Crippen molar-refractivity contribution in [3.05, 3.63) is 114 Å². The molecule has 9 nitrogen and oxygen atoms in total.